The quantitative estimate of drug-likeness (QED) is 0.591. The van der Waals surface area contributed by atoms with Crippen LogP contribution >= 0.6 is 0 Å². The minimum absolute atomic E-state index is 0.00217. The molecular formula is C9H10N2O3. The van der Waals surface area contributed by atoms with Crippen LogP contribution in [-0.4, -0.2) is 24.0 Å². The van der Waals surface area contributed by atoms with Gasteiger partial charge in [0.2, 0.25) is 0 Å². The molecular weight excluding hydrogens is 184 g/mol. The first-order valence-electron chi connectivity index (χ1n) is 3.91. The van der Waals surface area contributed by atoms with Crippen LogP contribution in [0.3, 0.4) is 0 Å². The van der Waals surface area contributed by atoms with Crippen LogP contribution in [0.1, 0.15) is 20.7 Å². The molecule has 4 N–H and O–H groups in total. The third kappa shape index (κ3) is 1.82. The van der Waals surface area contributed by atoms with E-state index in [4.69, 9.17) is 10.8 Å². The molecule has 0 bridgehead atoms. The summed E-state index contributed by atoms with van der Waals surface area (Å²) in [5, 5.41) is 11.1. The third-order valence-electron chi connectivity index (χ3n) is 1.77. The fourth-order valence-electron chi connectivity index (χ4n) is 1.04. The lowest BCUT2D eigenvalue weighted by molar-refractivity contribution is 0.0697. The first kappa shape index (κ1) is 10.0. The van der Waals surface area contributed by atoms with Gasteiger partial charge >= 0.3 is 5.97 Å². The van der Waals surface area contributed by atoms with E-state index in [1.807, 2.05) is 0 Å². The van der Waals surface area contributed by atoms with Crippen LogP contribution in [0, 0.1) is 0 Å². The van der Waals surface area contributed by atoms with E-state index in [0.29, 0.717) is 5.56 Å². The number of amides is 1. The molecule has 0 fully saturated rings. The molecule has 1 aromatic carbocycles. The number of rotatable bonds is 2. The number of hydrogen-bond donors (Lipinski definition) is 3. The molecule has 1 rings (SSSR count). The van der Waals surface area contributed by atoms with Crippen LogP contribution in [-0.2, 0) is 0 Å². The maximum atomic E-state index is 11.1. The average Bonchev–Trinajstić information content (AvgIpc) is 2.15. The van der Waals surface area contributed by atoms with Crippen LogP contribution in [0.2, 0.25) is 0 Å². The molecule has 5 nitrogen and oxygen atoms in total. The van der Waals surface area contributed by atoms with Gasteiger partial charge in [-0.1, -0.05) is 0 Å². The standard InChI is InChI=1S/C9H10N2O3/c1-11-8(12)5-2-3-6(9(13)14)7(10)4-5/h2-4H,10H2,1H3,(H,11,12)(H,13,14). The second-order valence-corrected chi connectivity index (χ2v) is 2.69. The van der Waals surface area contributed by atoms with Crippen LogP contribution in [0.25, 0.3) is 0 Å². The molecule has 0 saturated heterocycles. The lowest BCUT2D eigenvalue weighted by atomic mass is 10.1. The Labute approximate surface area is 80.5 Å². The maximum Gasteiger partial charge on any atom is 0.337 e. The molecule has 1 amide bonds. The molecule has 0 aliphatic heterocycles. The summed E-state index contributed by atoms with van der Waals surface area (Å²) in [6, 6.07) is 4.06. The van der Waals surface area contributed by atoms with Gasteiger partial charge in [0.15, 0.2) is 0 Å². The number of carboxylic acids is 1. The molecule has 5 heteroatoms. The summed E-state index contributed by atoms with van der Waals surface area (Å²) in [7, 11) is 1.49. The van der Waals surface area contributed by atoms with Crippen molar-refractivity contribution in [2.75, 3.05) is 12.8 Å². The molecule has 0 saturated carbocycles. The minimum atomic E-state index is -1.11. The summed E-state index contributed by atoms with van der Waals surface area (Å²) >= 11 is 0. The number of hydrogen-bond acceptors (Lipinski definition) is 3. The number of carboxylic acid groups (broad SMARTS) is 1. The van der Waals surface area contributed by atoms with E-state index in [2.05, 4.69) is 5.32 Å². The fraction of sp³-hybridized carbons (Fsp3) is 0.111. The Balaban J connectivity index is 3.12. The maximum absolute atomic E-state index is 11.1. The lowest BCUT2D eigenvalue weighted by Crippen LogP contribution is -2.18. The number of aromatic carboxylic acids is 1. The number of benzene rings is 1. The second-order valence-electron chi connectivity index (χ2n) is 2.69. The fourth-order valence-corrected chi connectivity index (χ4v) is 1.04. The monoisotopic (exact) mass is 194 g/mol. The molecule has 0 aliphatic rings. The van der Waals surface area contributed by atoms with E-state index in [9.17, 15) is 9.59 Å². The Morgan fingerprint density at radius 2 is 2.07 bits per heavy atom. The van der Waals surface area contributed by atoms with Crippen LogP contribution in [0.4, 0.5) is 5.69 Å². The summed E-state index contributed by atoms with van der Waals surface area (Å²) in [6.45, 7) is 0. The van der Waals surface area contributed by atoms with Crippen molar-refractivity contribution in [2.45, 2.75) is 0 Å². The van der Waals surface area contributed by atoms with Crippen molar-refractivity contribution >= 4 is 17.6 Å². The van der Waals surface area contributed by atoms with E-state index in [-0.39, 0.29) is 17.2 Å². The Morgan fingerprint density at radius 1 is 1.43 bits per heavy atom. The molecule has 0 unspecified atom stereocenters. The zero-order valence-electron chi connectivity index (χ0n) is 7.57. The van der Waals surface area contributed by atoms with E-state index < -0.39 is 5.97 Å². The normalized spacial score (nSPS) is 9.50. The van der Waals surface area contributed by atoms with Crippen molar-refractivity contribution in [1.29, 1.82) is 0 Å². The molecule has 0 heterocycles. The van der Waals surface area contributed by atoms with Crippen molar-refractivity contribution < 1.29 is 14.7 Å². The van der Waals surface area contributed by atoms with Crippen molar-refractivity contribution in [3.05, 3.63) is 29.3 Å². The van der Waals surface area contributed by atoms with Gasteiger partial charge in [0.25, 0.3) is 5.91 Å². The Morgan fingerprint density at radius 3 is 2.50 bits per heavy atom. The second kappa shape index (κ2) is 3.78. The summed E-state index contributed by atoms with van der Waals surface area (Å²) in [4.78, 5) is 21.7. The Bertz CT molecular complexity index is 388. The van der Waals surface area contributed by atoms with Gasteiger partial charge < -0.3 is 16.2 Å². The first-order valence-corrected chi connectivity index (χ1v) is 3.91. The van der Waals surface area contributed by atoms with Crippen LogP contribution in [0.15, 0.2) is 18.2 Å². The van der Waals surface area contributed by atoms with Crippen molar-refractivity contribution in [3.8, 4) is 0 Å². The lowest BCUT2D eigenvalue weighted by Gasteiger charge is -2.03. The summed E-state index contributed by atoms with van der Waals surface area (Å²) in [5.41, 5.74) is 5.88. The van der Waals surface area contributed by atoms with Gasteiger partial charge in [0, 0.05) is 18.3 Å². The average molecular weight is 194 g/mol. The van der Waals surface area contributed by atoms with Crippen molar-refractivity contribution in [2.24, 2.45) is 0 Å². The summed E-state index contributed by atoms with van der Waals surface area (Å²) < 4.78 is 0. The van der Waals surface area contributed by atoms with Gasteiger partial charge in [-0.3, -0.25) is 4.79 Å². The molecule has 14 heavy (non-hydrogen) atoms. The van der Waals surface area contributed by atoms with Crippen molar-refractivity contribution in [3.63, 3.8) is 0 Å². The van der Waals surface area contributed by atoms with Gasteiger partial charge in [0.1, 0.15) is 0 Å². The smallest absolute Gasteiger partial charge is 0.337 e. The highest BCUT2D eigenvalue weighted by molar-refractivity contribution is 5.99. The SMILES string of the molecule is CNC(=O)c1ccc(C(=O)O)c(N)c1. The molecule has 1 aromatic rings. The number of carbonyl (C=O) groups excluding carboxylic acids is 1. The predicted molar refractivity (Wildman–Crippen MR) is 51.2 cm³/mol. The molecule has 0 aliphatic carbocycles. The Hall–Kier alpha value is -2.04. The van der Waals surface area contributed by atoms with Crippen LogP contribution < -0.4 is 11.1 Å². The van der Waals surface area contributed by atoms with E-state index >= 15 is 0 Å². The zero-order chi connectivity index (χ0) is 10.7. The van der Waals surface area contributed by atoms with Gasteiger partial charge in [-0.15, -0.1) is 0 Å². The highest BCUT2D eigenvalue weighted by atomic mass is 16.4. The number of carbonyl (C=O) groups is 2. The highest BCUT2D eigenvalue weighted by Crippen LogP contribution is 2.14. The predicted octanol–water partition coefficient (Wildman–Crippen LogP) is 0.327. The van der Waals surface area contributed by atoms with E-state index in [0.717, 1.165) is 0 Å². The number of nitrogens with two attached hydrogens (primary N) is 1. The first-order chi connectivity index (χ1) is 6.56. The molecule has 0 spiro atoms. The van der Waals surface area contributed by atoms with Gasteiger partial charge in [-0.2, -0.15) is 0 Å². The summed E-state index contributed by atoms with van der Waals surface area (Å²) in [6.07, 6.45) is 0. The van der Waals surface area contributed by atoms with Gasteiger partial charge in [-0.25, -0.2) is 4.79 Å². The molecule has 0 atom stereocenters. The van der Waals surface area contributed by atoms with Gasteiger partial charge in [-0.05, 0) is 18.2 Å². The van der Waals surface area contributed by atoms with Gasteiger partial charge in [0.05, 0.1) is 5.56 Å². The summed E-state index contributed by atoms with van der Waals surface area (Å²) in [5.74, 6) is -1.40. The largest absolute Gasteiger partial charge is 0.478 e. The minimum Gasteiger partial charge on any atom is -0.478 e. The highest BCUT2D eigenvalue weighted by Gasteiger charge is 2.10. The molecule has 0 radical (unpaired) electrons. The number of anilines is 1. The third-order valence-corrected chi connectivity index (χ3v) is 1.77. The van der Waals surface area contributed by atoms with E-state index in [1.54, 1.807) is 0 Å². The topological polar surface area (TPSA) is 92.4 Å². The van der Waals surface area contributed by atoms with Crippen molar-refractivity contribution in [1.82, 2.24) is 5.32 Å². The van der Waals surface area contributed by atoms with Crippen LogP contribution in [0.5, 0.6) is 0 Å². The number of nitrogen functional groups attached to an aromatic ring is 1. The van der Waals surface area contributed by atoms with E-state index in [1.165, 1.54) is 25.2 Å². The Kier molecular flexibility index (Phi) is 2.71. The number of nitrogens with one attached hydrogen (secondary N) is 1. The zero-order valence-corrected chi connectivity index (χ0v) is 7.57. The molecule has 0 aromatic heterocycles. The molecule has 74 valence electrons.